The Kier molecular flexibility index (Phi) is 6.08. The van der Waals surface area contributed by atoms with Crippen LogP contribution in [0, 0.1) is 13.8 Å². The summed E-state index contributed by atoms with van der Waals surface area (Å²) in [6.45, 7) is 4.85. The first-order valence-electron chi connectivity index (χ1n) is 10.2. The summed E-state index contributed by atoms with van der Waals surface area (Å²) >= 11 is 0. The van der Waals surface area contributed by atoms with E-state index in [-0.39, 0.29) is 12.3 Å². The minimum Gasteiger partial charge on any atom is -0.369 e. The van der Waals surface area contributed by atoms with E-state index >= 15 is 0 Å². The Labute approximate surface area is 182 Å². The number of aryl methyl sites for hydroxylation is 3. The third-order valence-electron chi connectivity index (χ3n) is 5.32. The molecular weight excluding hydrogens is 414 g/mol. The lowest BCUT2D eigenvalue weighted by Gasteiger charge is -2.32. The van der Waals surface area contributed by atoms with Crippen molar-refractivity contribution in [2.45, 2.75) is 25.7 Å². The summed E-state index contributed by atoms with van der Waals surface area (Å²) in [5, 5.41) is 7.58. The van der Waals surface area contributed by atoms with Gasteiger partial charge in [-0.2, -0.15) is 9.40 Å². The monoisotopic (exact) mass is 441 g/mol. The maximum Gasteiger partial charge on any atom is 0.218 e. The predicted molar refractivity (Wildman–Crippen MR) is 120 cm³/mol. The Morgan fingerprint density at radius 3 is 2.68 bits per heavy atom. The van der Waals surface area contributed by atoms with Crippen LogP contribution in [0.1, 0.15) is 28.6 Å². The van der Waals surface area contributed by atoms with Gasteiger partial charge in [-0.15, -0.1) is 0 Å². The number of morpholine rings is 1. The highest BCUT2D eigenvalue weighted by atomic mass is 32.2. The number of hydrogen-bond acceptors (Lipinski definition) is 6. The molecule has 9 heteroatoms. The average molecular weight is 442 g/mol. The number of benzene rings is 1. The number of anilines is 2. The SMILES string of the molecule is Cc1cccc(CS(=O)(=O)N2CCO[C@@H](c3cccc(Nc4cc(C)n(C)n4)n3)C2)c1. The number of rotatable bonds is 6. The van der Waals surface area contributed by atoms with E-state index in [0.717, 1.165) is 16.8 Å². The number of nitrogens with one attached hydrogen (secondary N) is 1. The first-order chi connectivity index (χ1) is 14.8. The van der Waals surface area contributed by atoms with E-state index in [0.29, 0.717) is 30.5 Å². The van der Waals surface area contributed by atoms with Gasteiger partial charge in [-0.3, -0.25) is 4.68 Å². The van der Waals surface area contributed by atoms with Crippen molar-refractivity contribution in [3.05, 3.63) is 71.0 Å². The van der Waals surface area contributed by atoms with Crippen LogP contribution in [-0.2, 0) is 27.6 Å². The van der Waals surface area contributed by atoms with E-state index in [2.05, 4.69) is 15.4 Å². The molecule has 1 aliphatic heterocycles. The van der Waals surface area contributed by atoms with E-state index in [1.54, 1.807) is 4.68 Å². The van der Waals surface area contributed by atoms with Gasteiger partial charge in [0.2, 0.25) is 10.0 Å². The number of sulfonamides is 1. The van der Waals surface area contributed by atoms with Crippen LogP contribution >= 0.6 is 0 Å². The molecule has 0 radical (unpaired) electrons. The molecule has 1 saturated heterocycles. The van der Waals surface area contributed by atoms with Gasteiger partial charge in [0.05, 0.1) is 18.1 Å². The van der Waals surface area contributed by atoms with Gasteiger partial charge in [-0.25, -0.2) is 13.4 Å². The molecular formula is C22H27N5O3S. The second-order valence-corrected chi connectivity index (χ2v) is 9.80. The summed E-state index contributed by atoms with van der Waals surface area (Å²) in [4.78, 5) is 4.64. The van der Waals surface area contributed by atoms with Crippen molar-refractivity contribution in [1.29, 1.82) is 0 Å². The molecule has 8 nitrogen and oxygen atoms in total. The maximum atomic E-state index is 13.0. The molecule has 0 amide bonds. The van der Waals surface area contributed by atoms with E-state index in [1.807, 2.05) is 69.4 Å². The zero-order chi connectivity index (χ0) is 22.0. The van der Waals surface area contributed by atoms with E-state index in [9.17, 15) is 8.42 Å². The third-order valence-corrected chi connectivity index (χ3v) is 7.14. The Bertz CT molecular complexity index is 1160. The quantitative estimate of drug-likeness (QED) is 0.632. The molecule has 2 aromatic heterocycles. The largest absolute Gasteiger partial charge is 0.369 e. The van der Waals surface area contributed by atoms with Crippen molar-refractivity contribution in [2.75, 3.05) is 25.0 Å². The first-order valence-corrected chi connectivity index (χ1v) is 11.8. The predicted octanol–water partition coefficient (Wildman–Crippen LogP) is 3.08. The van der Waals surface area contributed by atoms with Crippen molar-refractivity contribution in [2.24, 2.45) is 7.05 Å². The van der Waals surface area contributed by atoms with Gasteiger partial charge in [0, 0.05) is 31.9 Å². The highest BCUT2D eigenvalue weighted by Crippen LogP contribution is 2.25. The smallest absolute Gasteiger partial charge is 0.218 e. The van der Waals surface area contributed by atoms with Gasteiger partial charge in [-0.1, -0.05) is 35.9 Å². The maximum absolute atomic E-state index is 13.0. The molecule has 1 atom stereocenters. The summed E-state index contributed by atoms with van der Waals surface area (Å²) in [6.07, 6.45) is -0.423. The number of ether oxygens (including phenoxy) is 1. The lowest BCUT2D eigenvalue weighted by molar-refractivity contribution is -0.00490. The summed E-state index contributed by atoms with van der Waals surface area (Å²) in [5.74, 6) is 1.32. The number of aromatic nitrogens is 3. The van der Waals surface area contributed by atoms with Gasteiger partial charge in [0.1, 0.15) is 11.9 Å². The zero-order valence-corrected chi connectivity index (χ0v) is 18.8. The minimum absolute atomic E-state index is 0.0184. The second kappa shape index (κ2) is 8.78. The van der Waals surface area contributed by atoms with Gasteiger partial charge in [0.25, 0.3) is 0 Å². The fourth-order valence-electron chi connectivity index (χ4n) is 3.61. The van der Waals surface area contributed by atoms with Crippen LogP contribution in [0.15, 0.2) is 48.5 Å². The average Bonchev–Trinajstić information content (AvgIpc) is 3.05. The topological polar surface area (TPSA) is 89.4 Å². The minimum atomic E-state index is -3.46. The molecule has 0 bridgehead atoms. The van der Waals surface area contributed by atoms with E-state index in [1.165, 1.54) is 4.31 Å². The highest BCUT2D eigenvalue weighted by Gasteiger charge is 2.31. The molecule has 4 rings (SSSR count). The van der Waals surface area contributed by atoms with Crippen molar-refractivity contribution in [3.8, 4) is 0 Å². The molecule has 3 aromatic rings. The Morgan fingerprint density at radius 2 is 1.94 bits per heavy atom. The van der Waals surface area contributed by atoms with Crippen molar-refractivity contribution >= 4 is 21.7 Å². The first kappa shape index (κ1) is 21.5. The van der Waals surface area contributed by atoms with Gasteiger partial charge >= 0.3 is 0 Å². The van der Waals surface area contributed by atoms with Gasteiger partial charge in [-0.05, 0) is 31.5 Å². The number of pyridine rings is 1. The highest BCUT2D eigenvalue weighted by molar-refractivity contribution is 7.88. The van der Waals surface area contributed by atoms with E-state index < -0.39 is 16.1 Å². The lowest BCUT2D eigenvalue weighted by Crippen LogP contribution is -2.42. The summed E-state index contributed by atoms with van der Waals surface area (Å²) in [7, 11) is -1.58. The van der Waals surface area contributed by atoms with E-state index in [4.69, 9.17) is 4.74 Å². The van der Waals surface area contributed by atoms with Crippen LogP contribution in [0.5, 0.6) is 0 Å². The molecule has 0 unspecified atom stereocenters. The van der Waals surface area contributed by atoms with Crippen LogP contribution in [0.2, 0.25) is 0 Å². The lowest BCUT2D eigenvalue weighted by atomic mass is 10.2. The molecule has 1 aliphatic rings. The van der Waals surface area contributed by atoms with Gasteiger partial charge in [0.15, 0.2) is 5.82 Å². The van der Waals surface area contributed by atoms with Crippen molar-refractivity contribution in [1.82, 2.24) is 19.1 Å². The normalized spacial score (nSPS) is 17.6. The Balaban J connectivity index is 1.48. The van der Waals surface area contributed by atoms with Crippen LogP contribution < -0.4 is 5.32 Å². The summed E-state index contributed by atoms with van der Waals surface area (Å²) in [5.41, 5.74) is 3.55. The molecule has 3 heterocycles. The van der Waals surface area contributed by atoms with Crippen molar-refractivity contribution < 1.29 is 13.2 Å². The molecule has 0 spiro atoms. The molecule has 1 N–H and O–H groups in total. The van der Waals surface area contributed by atoms with Crippen LogP contribution in [0.25, 0.3) is 0 Å². The zero-order valence-electron chi connectivity index (χ0n) is 17.9. The fraction of sp³-hybridized carbons (Fsp3) is 0.364. The molecule has 1 aromatic carbocycles. The fourth-order valence-corrected chi connectivity index (χ4v) is 5.11. The molecule has 31 heavy (non-hydrogen) atoms. The number of hydrogen-bond donors (Lipinski definition) is 1. The molecule has 0 saturated carbocycles. The molecule has 164 valence electrons. The Morgan fingerprint density at radius 1 is 1.13 bits per heavy atom. The van der Waals surface area contributed by atoms with Gasteiger partial charge < -0.3 is 10.1 Å². The molecule has 1 fully saturated rings. The van der Waals surface area contributed by atoms with Crippen LogP contribution in [0.4, 0.5) is 11.6 Å². The summed E-state index contributed by atoms with van der Waals surface area (Å²) in [6, 6.07) is 15.1. The van der Waals surface area contributed by atoms with Crippen molar-refractivity contribution in [3.63, 3.8) is 0 Å². The standard InChI is InChI=1S/C22H27N5O3S/c1-16-6-4-7-18(12-16)15-31(28,29)27-10-11-30-20(14-27)19-8-5-9-21(23-19)24-22-13-17(2)26(3)25-22/h4-9,12-13,20H,10-11,14-15H2,1-3H3,(H,23,24,25)/t20-/m1/s1. The Hall–Kier alpha value is -2.75. The second-order valence-electron chi connectivity index (χ2n) is 7.83. The van der Waals surface area contributed by atoms with Crippen LogP contribution in [-0.4, -0.2) is 47.2 Å². The summed E-state index contributed by atoms with van der Waals surface area (Å²) < 4.78 is 35.2. The number of nitrogens with zero attached hydrogens (tertiary/aromatic N) is 4. The molecule has 0 aliphatic carbocycles. The van der Waals surface area contributed by atoms with Crippen LogP contribution in [0.3, 0.4) is 0 Å². The third kappa shape index (κ3) is 5.12.